The molecule has 0 spiro atoms. The summed E-state index contributed by atoms with van der Waals surface area (Å²) in [4.78, 5) is 5.80. The first-order valence-electron chi connectivity index (χ1n) is 9.00. The van der Waals surface area contributed by atoms with Crippen LogP contribution < -0.4 is 10.2 Å². The summed E-state index contributed by atoms with van der Waals surface area (Å²) in [5, 5.41) is 12.4. The van der Waals surface area contributed by atoms with E-state index in [1.807, 2.05) is 42.5 Å². The van der Waals surface area contributed by atoms with Gasteiger partial charge >= 0.3 is 0 Å². The molecule has 5 aromatic carbocycles. The minimum Gasteiger partial charge on any atom is -0.356 e. The fraction of sp³-hybridized carbons (Fsp3) is 0. The first-order chi connectivity index (χ1) is 13.4. The van der Waals surface area contributed by atoms with Gasteiger partial charge < -0.3 is 4.84 Å². The number of hydrogen-bond donors (Lipinski definition) is 0. The zero-order chi connectivity index (χ0) is 18.1. The highest BCUT2D eigenvalue weighted by molar-refractivity contribution is 6.16. The first kappa shape index (κ1) is 15.6. The van der Waals surface area contributed by atoms with Gasteiger partial charge in [-0.2, -0.15) is 0 Å². The van der Waals surface area contributed by atoms with Gasteiger partial charge in [-0.15, -0.1) is 0 Å². The number of rotatable bonds is 2. The summed E-state index contributed by atoms with van der Waals surface area (Å²) >= 11 is 0. The second-order valence-electron chi connectivity index (χ2n) is 6.48. The molecule has 0 N–H and O–H groups in total. The molecule has 128 valence electrons. The Morgan fingerprint density at radius 2 is 0.778 bits per heavy atom. The normalized spacial score (nSPS) is 11.0. The fourth-order valence-corrected chi connectivity index (χ4v) is 3.62. The van der Waals surface area contributed by atoms with Crippen LogP contribution in [0.1, 0.15) is 0 Å². The number of nitrogens with zero attached hydrogens (tertiary/aromatic N) is 1. The maximum atomic E-state index is 5.80. The van der Waals surface area contributed by atoms with Gasteiger partial charge in [0.15, 0.2) is 5.75 Å². The van der Waals surface area contributed by atoms with E-state index in [0.717, 1.165) is 21.9 Å². The van der Waals surface area contributed by atoms with Gasteiger partial charge in [0.25, 0.3) is 0 Å². The van der Waals surface area contributed by atoms with E-state index in [-0.39, 0.29) is 0 Å². The minimum absolute atomic E-state index is 0.724. The zero-order valence-corrected chi connectivity index (χ0v) is 14.7. The standard InChI is InChI=1S/C25H17NO/c1-2-10-18(11-3-1)27-26-25-23-16-8-6-14-21(23)19-12-4-5-13-20(19)22-15-7-9-17-24(22)25/h1-17H. The van der Waals surface area contributed by atoms with Crippen LogP contribution in [0.3, 0.4) is 0 Å². The van der Waals surface area contributed by atoms with Crippen LogP contribution >= 0.6 is 0 Å². The molecule has 5 rings (SSSR count). The molecule has 0 bridgehead atoms. The monoisotopic (exact) mass is 347 g/mol. The van der Waals surface area contributed by atoms with Gasteiger partial charge in [0, 0.05) is 10.8 Å². The van der Waals surface area contributed by atoms with Crippen LogP contribution in [0.2, 0.25) is 0 Å². The molecule has 0 saturated heterocycles. The lowest BCUT2D eigenvalue weighted by atomic mass is 10.1. The first-order valence-corrected chi connectivity index (χ1v) is 9.00. The Bertz CT molecular complexity index is 1260. The second-order valence-corrected chi connectivity index (χ2v) is 6.48. The van der Waals surface area contributed by atoms with E-state index in [0.29, 0.717) is 0 Å². The van der Waals surface area contributed by atoms with Crippen molar-refractivity contribution in [3.8, 4) is 5.75 Å². The molecule has 0 heterocycles. The molecule has 0 atom stereocenters. The Morgan fingerprint density at radius 1 is 0.407 bits per heavy atom. The summed E-state index contributed by atoms with van der Waals surface area (Å²) in [5.74, 6) is 0.724. The van der Waals surface area contributed by atoms with Gasteiger partial charge in [0.2, 0.25) is 0 Å². The quantitative estimate of drug-likeness (QED) is 0.357. The average molecular weight is 347 g/mol. The molecule has 0 aliphatic heterocycles. The highest BCUT2D eigenvalue weighted by Crippen LogP contribution is 2.28. The third-order valence-electron chi connectivity index (χ3n) is 4.86. The van der Waals surface area contributed by atoms with E-state index in [4.69, 9.17) is 4.84 Å². The molecule has 5 aromatic rings. The summed E-state index contributed by atoms with van der Waals surface area (Å²) < 4.78 is 0. The lowest BCUT2D eigenvalue weighted by Crippen LogP contribution is -2.05. The van der Waals surface area contributed by atoms with E-state index in [2.05, 4.69) is 65.8 Å². The van der Waals surface area contributed by atoms with Crippen molar-refractivity contribution in [2.75, 3.05) is 0 Å². The van der Waals surface area contributed by atoms with E-state index in [1.165, 1.54) is 21.5 Å². The molecule has 2 nitrogen and oxygen atoms in total. The molecule has 0 saturated carbocycles. The SMILES string of the molecule is c1ccc(ON=c2c3ccccc3c3ccccc3c3ccccc23)cc1. The molecule has 0 radical (unpaired) electrons. The summed E-state index contributed by atoms with van der Waals surface area (Å²) in [5.41, 5.74) is 0. The predicted molar refractivity (Wildman–Crippen MR) is 112 cm³/mol. The van der Waals surface area contributed by atoms with Crippen molar-refractivity contribution in [1.82, 2.24) is 0 Å². The van der Waals surface area contributed by atoms with Crippen molar-refractivity contribution in [3.63, 3.8) is 0 Å². The number of hydrogen-bond acceptors (Lipinski definition) is 2. The van der Waals surface area contributed by atoms with Crippen molar-refractivity contribution in [2.45, 2.75) is 0 Å². The number of fused-ring (bicyclic) bond motifs is 5. The van der Waals surface area contributed by atoms with E-state index in [1.54, 1.807) is 0 Å². The molecule has 2 heteroatoms. The van der Waals surface area contributed by atoms with E-state index in [9.17, 15) is 0 Å². The molecule has 27 heavy (non-hydrogen) atoms. The van der Waals surface area contributed by atoms with Crippen LogP contribution in [0.25, 0.3) is 32.3 Å². The van der Waals surface area contributed by atoms with Crippen molar-refractivity contribution >= 4 is 32.3 Å². The number of benzene rings is 4. The maximum Gasteiger partial charge on any atom is 0.157 e. The van der Waals surface area contributed by atoms with Crippen molar-refractivity contribution in [3.05, 3.63) is 108 Å². The molecule has 0 fully saturated rings. The third kappa shape index (κ3) is 2.72. The van der Waals surface area contributed by atoms with Gasteiger partial charge in [-0.05, 0) is 33.7 Å². The van der Waals surface area contributed by atoms with Crippen molar-refractivity contribution < 1.29 is 4.84 Å². The summed E-state index contributed by atoms with van der Waals surface area (Å²) in [6.45, 7) is 0. The average Bonchev–Trinajstić information content (AvgIpc) is 2.86. The lowest BCUT2D eigenvalue weighted by Gasteiger charge is -1.99. The Balaban J connectivity index is 1.98. The predicted octanol–water partition coefficient (Wildman–Crippen LogP) is 6.04. The third-order valence-corrected chi connectivity index (χ3v) is 4.86. The Hall–Kier alpha value is -3.65. The van der Waals surface area contributed by atoms with E-state index < -0.39 is 0 Å². The highest BCUT2D eigenvalue weighted by atomic mass is 16.6. The van der Waals surface area contributed by atoms with Gasteiger partial charge in [0.05, 0.1) is 0 Å². The smallest absolute Gasteiger partial charge is 0.157 e. The summed E-state index contributed by atoms with van der Waals surface area (Å²) in [6.07, 6.45) is 0. The molecule has 0 aliphatic rings. The van der Waals surface area contributed by atoms with Crippen molar-refractivity contribution in [2.24, 2.45) is 5.16 Å². The second kappa shape index (κ2) is 6.58. The largest absolute Gasteiger partial charge is 0.356 e. The molecule has 0 aliphatic carbocycles. The fourth-order valence-electron chi connectivity index (χ4n) is 3.62. The number of para-hydroxylation sites is 1. The molecular weight excluding hydrogens is 330 g/mol. The Labute approximate surface area is 157 Å². The van der Waals surface area contributed by atoms with E-state index >= 15 is 0 Å². The zero-order valence-electron chi connectivity index (χ0n) is 14.7. The molecule has 0 aromatic heterocycles. The van der Waals surface area contributed by atoms with Crippen LogP contribution in [0.4, 0.5) is 0 Å². The molecule has 0 unspecified atom stereocenters. The van der Waals surface area contributed by atoms with Crippen molar-refractivity contribution in [1.29, 1.82) is 0 Å². The Kier molecular flexibility index (Phi) is 3.80. The highest BCUT2D eigenvalue weighted by Gasteiger charge is 2.07. The van der Waals surface area contributed by atoms with Crippen LogP contribution in [0.5, 0.6) is 5.75 Å². The topological polar surface area (TPSA) is 21.6 Å². The van der Waals surface area contributed by atoms with Crippen LogP contribution in [0, 0.1) is 0 Å². The minimum atomic E-state index is 0.724. The van der Waals surface area contributed by atoms with Crippen LogP contribution in [-0.4, -0.2) is 0 Å². The molecular formula is C25H17NO. The lowest BCUT2D eigenvalue weighted by molar-refractivity contribution is 0.327. The van der Waals surface area contributed by atoms with Crippen LogP contribution in [-0.2, 0) is 0 Å². The Morgan fingerprint density at radius 3 is 1.26 bits per heavy atom. The molecule has 0 amide bonds. The summed E-state index contributed by atoms with van der Waals surface area (Å²) in [7, 11) is 0. The van der Waals surface area contributed by atoms with Crippen LogP contribution in [0.15, 0.2) is 108 Å². The van der Waals surface area contributed by atoms with Gasteiger partial charge in [-0.3, -0.25) is 0 Å². The van der Waals surface area contributed by atoms with Gasteiger partial charge in [-0.25, -0.2) is 0 Å². The maximum absolute atomic E-state index is 5.80. The summed E-state index contributed by atoms with van der Waals surface area (Å²) in [6, 6.07) is 35.0. The van der Waals surface area contributed by atoms with Gasteiger partial charge in [-0.1, -0.05) is 96.2 Å². The van der Waals surface area contributed by atoms with Gasteiger partial charge in [0.1, 0.15) is 5.36 Å².